The van der Waals surface area contributed by atoms with Gasteiger partial charge in [0.25, 0.3) is 5.22 Å². The van der Waals surface area contributed by atoms with E-state index >= 15 is 0 Å². The molecule has 0 saturated carbocycles. The van der Waals surface area contributed by atoms with Crippen molar-refractivity contribution < 1.29 is 13.9 Å². The number of amides is 1. The fourth-order valence-electron chi connectivity index (χ4n) is 2.17. The number of halogens is 2. The van der Waals surface area contributed by atoms with Gasteiger partial charge in [0.1, 0.15) is 12.4 Å². The van der Waals surface area contributed by atoms with Crippen LogP contribution in [0.2, 0.25) is 5.02 Å². The molecule has 1 heterocycles. The Hall–Kier alpha value is -2.03. The Kier molecular flexibility index (Phi) is 7.36. The summed E-state index contributed by atoms with van der Waals surface area (Å²) >= 11 is 10.4. The molecular formula is C19H17BrClN3O3S. The van der Waals surface area contributed by atoms with Gasteiger partial charge in [-0.3, -0.25) is 4.79 Å². The molecule has 0 aliphatic heterocycles. The summed E-state index contributed by atoms with van der Waals surface area (Å²) in [6.07, 6.45) is 0. The van der Waals surface area contributed by atoms with Crippen LogP contribution in [0.3, 0.4) is 0 Å². The van der Waals surface area contributed by atoms with Gasteiger partial charge in [-0.05, 0) is 48.5 Å². The predicted molar refractivity (Wildman–Crippen MR) is 113 cm³/mol. The van der Waals surface area contributed by atoms with Crippen molar-refractivity contribution in [3.05, 3.63) is 58.0 Å². The summed E-state index contributed by atoms with van der Waals surface area (Å²) in [7, 11) is 1.73. The molecule has 0 unspecified atom stereocenters. The van der Waals surface area contributed by atoms with E-state index in [0.29, 0.717) is 35.0 Å². The Balaban J connectivity index is 1.43. The Labute approximate surface area is 180 Å². The minimum atomic E-state index is -0.0481. The number of nitrogens with zero attached hydrogens (tertiary/aromatic N) is 3. The molecule has 0 bridgehead atoms. The first kappa shape index (κ1) is 20.7. The van der Waals surface area contributed by atoms with Crippen LogP contribution in [-0.4, -0.2) is 47.0 Å². The van der Waals surface area contributed by atoms with Crippen molar-refractivity contribution in [3.63, 3.8) is 0 Å². The van der Waals surface area contributed by atoms with Gasteiger partial charge in [0.15, 0.2) is 0 Å². The minimum Gasteiger partial charge on any atom is -0.492 e. The topological polar surface area (TPSA) is 68.5 Å². The third-order valence-electron chi connectivity index (χ3n) is 3.75. The average Bonchev–Trinajstić information content (AvgIpc) is 3.17. The number of benzene rings is 2. The number of ether oxygens (including phenoxy) is 1. The summed E-state index contributed by atoms with van der Waals surface area (Å²) in [6, 6.07) is 14.7. The summed E-state index contributed by atoms with van der Waals surface area (Å²) in [5.74, 6) is 1.30. The van der Waals surface area contributed by atoms with Crippen LogP contribution in [-0.2, 0) is 4.79 Å². The van der Waals surface area contributed by atoms with Gasteiger partial charge in [0.2, 0.25) is 11.8 Å². The van der Waals surface area contributed by atoms with Crippen LogP contribution >= 0.6 is 39.3 Å². The number of carbonyl (C=O) groups is 1. The van der Waals surface area contributed by atoms with Crippen LogP contribution in [0.1, 0.15) is 0 Å². The zero-order chi connectivity index (χ0) is 19.9. The lowest BCUT2D eigenvalue weighted by atomic mass is 10.2. The molecule has 0 aliphatic carbocycles. The van der Waals surface area contributed by atoms with Gasteiger partial charge in [-0.25, -0.2) is 0 Å². The molecule has 2 aromatic carbocycles. The number of aromatic nitrogens is 2. The van der Waals surface area contributed by atoms with Crippen molar-refractivity contribution in [2.75, 3.05) is 26.0 Å². The SMILES string of the molecule is CN(CCOc1ccc(Cl)cc1)C(=O)CSc1nnc(-c2ccc(Br)cc2)o1. The standard InChI is InChI=1S/C19H17BrClN3O3S/c1-24(10-11-26-16-8-6-15(21)7-9-16)17(25)12-28-19-23-22-18(27-19)13-2-4-14(20)5-3-13/h2-9H,10-12H2,1H3. The van der Waals surface area contributed by atoms with Crippen molar-refractivity contribution in [1.82, 2.24) is 15.1 Å². The fourth-order valence-corrected chi connectivity index (χ4v) is 3.26. The largest absolute Gasteiger partial charge is 0.492 e. The number of thioether (sulfide) groups is 1. The summed E-state index contributed by atoms with van der Waals surface area (Å²) in [5, 5.41) is 9.02. The number of rotatable bonds is 8. The predicted octanol–water partition coefficient (Wildman–Crippen LogP) is 4.78. The van der Waals surface area contributed by atoms with Gasteiger partial charge in [-0.1, -0.05) is 39.3 Å². The van der Waals surface area contributed by atoms with Crippen LogP contribution in [0, 0.1) is 0 Å². The molecule has 0 atom stereocenters. The minimum absolute atomic E-state index is 0.0481. The Morgan fingerprint density at radius 1 is 1.18 bits per heavy atom. The summed E-state index contributed by atoms with van der Waals surface area (Å²) in [5.41, 5.74) is 0.824. The Bertz CT molecular complexity index is 919. The molecule has 0 radical (unpaired) electrons. The molecule has 28 heavy (non-hydrogen) atoms. The van der Waals surface area contributed by atoms with E-state index in [9.17, 15) is 4.79 Å². The van der Waals surface area contributed by atoms with Crippen molar-refractivity contribution in [1.29, 1.82) is 0 Å². The molecular weight excluding hydrogens is 466 g/mol. The monoisotopic (exact) mass is 481 g/mol. The van der Waals surface area contributed by atoms with E-state index in [0.717, 1.165) is 10.0 Å². The maximum absolute atomic E-state index is 12.3. The molecule has 9 heteroatoms. The van der Waals surface area contributed by atoms with E-state index in [2.05, 4.69) is 26.1 Å². The number of likely N-dealkylation sites (N-methyl/N-ethyl adjacent to an activating group) is 1. The zero-order valence-corrected chi connectivity index (χ0v) is 18.1. The van der Waals surface area contributed by atoms with E-state index in [-0.39, 0.29) is 11.7 Å². The summed E-state index contributed by atoms with van der Waals surface area (Å²) in [4.78, 5) is 13.9. The highest BCUT2D eigenvalue weighted by molar-refractivity contribution is 9.10. The molecule has 3 aromatic rings. The molecule has 0 spiro atoms. The second-order valence-corrected chi connectivity index (χ2v) is 8.07. The Morgan fingerprint density at radius 2 is 1.89 bits per heavy atom. The van der Waals surface area contributed by atoms with E-state index < -0.39 is 0 Å². The highest BCUT2D eigenvalue weighted by Crippen LogP contribution is 2.24. The lowest BCUT2D eigenvalue weighted by molar-refractivity contribution is -0.127. The normalized spacial score (nSPS) is 10.7. The van der Waals surface area contributed by atoms with Crippen LogP contribution in [0.15, 0.2) is 62.6 Å². The van der Waals surface area contributed by atoms with Crippen molar-refractivity contribution in [2.24, 2.45) is 0 Å². The van der Waals surface area contributed by atoms with E-state index in [1.54, 1.807) is 36.2 Å². The fraction of sp³-hybridized carbons (Fsp3) is 0.211. The van der Waals surface area contributed by atoms with E-state index in [1.165, 1.54) is 11.8 Å². The maximum atomic E-state index is 12.3. The smallest absolute Gasteiger partial charge is 0.277 e. The second kappa shape index (κ2) is 9.95. The second-order valence-electron chi connectivity index (χ2n) is 5.79. The third kappa shape index (κ3) is 5.98. The lowest BCUT2D eigenvalue weighted by Gasteiger charge is -2.16. The quantitative estimate of drug-likeness (QED) is 0.430. The highest BCUT2D eigenvalue weighted by Gasteiger charge is 2.14. The molecule has 0 N–H and O–H groups in total. The van der Waals surface area contributed by atoms with Gasteiger partial charge < -0.3 is 14.1 Å². The van der Waals surface area contributed by atoms with Crippen LogP contribution in [0.25, 0.3) is 11.5 Å². The molecule has 1 amide bonds. The molecule has 146 valence electrons. The highest BCUT2D eigenvalue weighted by atomic mass is 79.9. The van der Waals surface area contributed by atoms with Crippen LogP contribution in [0.5, 0.6) is 5.75 Å². The van der Waals surface area contributed by atoms with Crippen molar-refractivity contribution in [3.8, 4) is 17.2 Å². The van der Waals surface area contributed by atoms with Crippen LogP contribution in [0.4, 0.5) is 0 Å². The first-order valence-electron chi connectivity index (χ1n) is 8.36. The van der Waals surface area contributed by atoms with Crippen molar-refractivity contribution >= 4 is 45.2 Å². The van der Waals surface area contributed by atoms with E-state index in [4.69, 9.17) is 20.8 Å². The van der Waals surface area contributed by atoms with Gasteiger partial charge in [-0.2, -0.15) is 0 Å². The van der Waals surface area contributed by atoms with Crippen LogP contribution < -0.4 is 4.74 Å². The number of hydrogen-bond acceptors (Lipinski definition) is 6. The van der Waals surface area contributed by atoms with Gasteiger partial charge in [-0.15, -0.1) is 10.2 Å². The molecule has 1 aromatic heterocycles. The zero-order valence-electron chi connectivity index (χ0n) is 15.0. The third-order valence-corrected chi connectivity index (χ3v) is 5.34. The van der Waals surface area contributed by atoms with E-state index in [1.807, 2.05) is 24.3 Å². The average molecular weight is 483 g/mol. The first-order chi connectivity index (χ1) is 13.5. The Morgan fingerprint density at radius 3 is 2.61 bits per heavy atom. The number of hydrogen-bond donors (Lipinski definition) is 0. The van der Waals surface area contributed by atoms with Gasteiger partial charge >= 0.3 is 0 Å². The maximum Gasteiger partial charge on any atom is 0.277 e. The van der Waals surface area contributed by atoms with Gasteiger partial charge in [0, 0.05) is 22.1 Å². The molecule has 0 aliphatic rings. The van der Waals surface area contributed by atoms with Crippen molar-refractivity contribution in [2.45, 2.75) is 5.22 Å². The lowest BCUT2D eigenvalue weighted by Crippen LogP contribution is -2.32. The summed E-state index contributed by atoms with van der Waals surface area (Å²) < 4.78 is 12.2. The molecule has 6 nitrogen and oxygen atoms in total. The first-order valence-corrected chi connectivity index (χ1v) is 10.5. The molecule has 0 fully saturated rings. The molecule has 3 rings (SSSR count). The molecule has 0 saturated heterocycles. The number of carbonyl (C=O) groups excluding carboxylic acids is 1. The van der Waals surface area contributed by atoms with Gasteiger partial charge in [0.05, 0.1) is 12.3 Å². The summed E-state index contributed by atoms with van der Waals surface area (Å²) in [6.45, 7) is 0.860.